The van der Waals surface area contributed by atoms with E-state index in [1.807, 2.05) is 42.5 Å². The minimum absolute atomic E-state index is 0.00722. The van der Waals surface area contributed by atoms with E-state index in [0.29, 0.717) is 18.0 Å². The summed E-state index contributed by atoms with van der Waals surface area (Å²) in [4.78, 5) is 13.5. The summed E-state index contributed by atoms with van der Waals surface area (Å²) in [5.41, 5.74) is 2.23. The summed E-state index contributed by atoms with van der Waals surface area (Å²) in [6.45, 7) is 0.814. The van der Waals surface area contributed by atoms with Crippen molar-refractivity contribution in [1.29, 1.82) is 0 Å². The van der Waals surface area contributed by atoms with E-state index in [1.54, 1.807) is 25.6 Å². The highest BCUT2D eigenvalue weighted by Crippen LogP contribution is 2.28. The Morgan fingerprint density at radius 1 is 1.00 bits per heavy atom. The largest absolute Gasteiger partial charge is 0.493 e. The van der Waals surface area contributed by atoms with Crippen LogP contribution in [0.4, 0.5) is 0 Å². The lowest BCUT2D eigenvalue weighted by molar-refractivity contribution is -0.120. The number of hydrogen-bond donors (Lipinski definition) is 2. The van der Waals surface area contributed by atoms with Crippen LogP contribution in [0.25, 0.3) is 0 Å². The topological polar surface area (TPSA) is 59.6 Å². The summed E-state index contributed by atoms with van der Waals surface area (Å²) in [5.74, 6) is 1.37. The van der Waals surface area contributed by atoms with Crippen molar-refractivity contribution < 1.29 is 14.3 Å². The van der Waals surface area contributed by atoms with E-state index in [1.165, 1.54) is 4.88 Å². The Labute approximate surface area is 175 Å². The summed E-state index contributed by atoms with van der Waals surface area (Å²) in [6, 6.07) is 20.1. The molecule has 2 aromatic carbocycles. The van der Waals surface area contributed by atoms with Crippen LogP contribution in [0.5, 0.6) is 11.5 Å². The second-order valence-corrected chi connectivity index (χ2v) is 7.51. The van der Waals surface area contributed by atoms with Crippen molar-refractivity contribution in [2.24, 2.45) is 0 Å². The fourth-order valence-electron chi connectivity index (χ4n) is 3.12. The Hall–Kier alpha value is -2.83. The number of ether oxygens (including phenoxy) is 2. The molecular weight excluding hydrogens is 384 g/mol. The van der Waals surface area contributed by atoms with E-state index >= 15 is 0 Å². The first-order chi connectivity index (χ1) is 14.2. The molecule has 0 aliphatic carbocycles. The molecule has 3 rings (SSSR count). The Morgan fingerprint density at radius 3 is 2.48 bits per heavy atom. The normalized spacial score (nSPS) is 11.7. The maximum absolute atomic E-state index is 12.3. The first-order valence-electron chi connectivity index (χ1n) is 9.50. The standard InChI is InChI=1S/C23H26N2O3S/c1-27-19-11-10-17(15-20(19)28-2)12-13-24-22(26)16-25-23(21-9-6-14-29-21)18-7-4-3-5-8-18/h3-11,14-15,23,25H,12-13,16H2,1-2H3,(H,24,26)/t23-/m0/s1. The molecule has 0 saturated carbocycles. The molecule has 2 N–H and O–H groups in total. The van der Waals surface area contributed by atoms with E-state index in [-0.39, 0.29) is 18.5 Å². The quantitative estimate of drug-likeness (QED) is 0.534. The Kier molecular flexibility index (Phi) is 7.67. The number of benzene rings is 2. The van der Waals surface area contributed by atoms with Crippen molar-refractivity contribution in [1.82, 2.24) is 10.6 Å². The first kappa shape index (κ1) is 20.9. The van der Waals surface area contributed by atoms with E-state index in [2.05, 4.69) is 34.2 Å². The average Bonchev–Trinajstić information content (AvgIpc) is 3.29. The SMILES string of the molecule is COc1ccc(CCNC(=O)CN[C@@H](c2ccccc2)c2cccs2)cc1OC. The van der Waals surface area contributed by atoms with Crippen LogP contribution in [0.3, 0.4) is 0 Å². The van der Waals surface area contributed by atoms with Gasteiger partial charge in [0, 0.05) is 11.4 Å². The molecule has 0 unspecified atom stereocenters. The van der Waals surface area contributed by atoms with Crippen LogP contribution in [-0.4, -0.2) is 33.2 Å². The van der Waals surface area contributed by atoms with Gasteiger partial charge in [-0.05, 0) is 41.1 Å². The van der Waals surface area contributed by atoms with Gasteiger partial charge in [0.1, 0.15) is 0 Å². The van der Waals surface area contributed by atoms with Crippen LogP contribution >= 0.6 is 11.3 Å². The highest BCUT2D eigenvalue weighted by Gasteiger charge is 2.15. The summed E-state index contributed by atoms with van der Waals surface area (Å²) < 4.78 is 10.6. The van der Waals surface area contributed by atoms with E-state index in [9.17, 15) is 4.79 Å². The second kappa shape index (κ2) is 10.6. The average molecular weight is 411 g/mol. The summed E-state index contributed by atoms with van der Waals surface area (Å²) in [6.07, 6.45) is 0.721. The van der Waals surface area contributed by atoms with Crippen molar-refractivity contribution in [3.8, 4) is 11.5 Å². The zero-order valence-electron chi connectivity index (χ0n) is 16.7. The fraction of sp³-hybridized carbons (Fsp3) is 0.261. The third-order valence-electron chi connectivity index (χ3n) is 4.61. The molecule has 1 amide bonds. The zero-order chi connectivity index (χ0) is 20.5. The van der Waals surface area contributed by atoms with Crippen LogP contribution < -0.4 is 20.1 Å². The van der Waals surface area contributed by atoms with Gasteiger partial charge in [-0.2, -0.15) is 0 Å². The molecule has 0 saturated heterocycles. The molecule has 0 spiro atoms. The molecule has 1 heterocycles. The van der Waals surface area contributed by atoms with Crippen molar-refractivity contribution in [2.75, 3.05) is 27.3 Å². The number of carbonyl (C=O) groups is 1. The maximum Gasteiger partial charge on any atom is 0.233 e. The molecule has 0 bridgehead atoms. The lowest BCUT2D eigenvalue weighted by Crippen LogP contribution is -2.36. The van der Waals surface area contributed by atoms with Gasteiger partial charge in [0.05, 0.1) is 26.8 Å². The van der Waals surface area contributed by atoms with Crippen LogP contribution in [0, 0.1) is 0 Å². The van der Waals surface area contributed by atoms with Gasteiger partial charge in [-0.25, -0.2) is 0 Å². The molecule has 3 aromatic rings. The van der Waals surface area contributed by atoms with Crippen molar-refractivity contribution in [3.63, 3.8) is 0 Å². The van der Waals surface area contributed by atoms with Crippen LogP contribution in [-0.2, 0) is 11.2 Å². The van der Waals surface area contributed by atoms with Crippen LogP contribution in [0.1, 0.15) is 22.0 Å². The minimum Gasteiger partial charge on any atom is -0.493 e. The molecule has 6 heteroatoms. The number of rotatable bonds is 10. The number of thiophene rings is 1. The summed E-state index contributed by atoms with van der Waals surface area (Å²) in [5, 5.41) is 8.41. The smallest absolute Gasteiger partial charge is 0.233 e. The van der Waals surface area contributed by atoms with Gasteiger partial charge in [0.25, 0.3) is 0 Å². The van der Waals surface area contributed by atoms with Gasteiger partial charge in [0.15, 0.2) is 11.5 Å². The lowest BCUT2D eigenvalue weighted by Gasteiger charge is -2.18. The molecule has 0 fully saturated rings. The fourth-order valence-corrected chi connectivity index (χ4v) is 3.95. The molecule has 1 atom stereocenters. The van der Waals surface area contributed by atoms with Crippen molar-refractivity contribution >= 4 is 17.2 Å². The first-order valence-corrected chi connectivity index (χ1v) is 10.4. The van der Waals surface area contributed by atoms with Gasteiger partial charge >= 0.3 is 0 Å². The molecule has 1 aromatic heterocycles. The molecular formula is C23H26N2O3S. The van der Waals surface area contributed by atoms with Gasteiger partial charge in [-0.15, -0.1) is 11.3 Å². The van der Waals surface area contributed by atoms with Crippen LogP contribution in [0.15, 0.2) is 66.0 Å². The Morgan fingerprint density at radius 2 is 1.79 bits per heavy atom. The number of hydrogen-bond acceptors (Lipinski definition) is 5. The predicted molar refractivity (Wildman–Crippen MR) is 117 cm³/mol. The second-order valence-electron chi connectivity index (χ2n) is 6.53. The van der Waals surface area contributed by atoms with Crippen LogP contribution in [0.2, 0.25) is 0 Å². The third-order valence-corrected chi connectivity index (χ3v) is 5.55. The Bertz CT molecular complexity index is 898. The molecule has 0 aliphatic heterocycles. The highest BCUT2D eigenvalue weighted by molar-refractivity contribution is 7.10. The molecule has 29 heavy (non-hydrogen) atoms. The van der Waals surface area contributed by atoms with Crippen molar-refractivity contribution in [3.05, 3.63) is 82.0 Å². The molecule has 0 aliphatic rings. The number of amides is 1. The van der Waals surface area contributed by atoms with E-state index in [0.717, 1.165) is 17.5 Å². The monoisotopic (exact) mass is 410 g/mol. The van der Waals surface area contributed by atoms with Gasteiger partial charge in [-0.1, -0.05) is 42.5 Å². The maximum atomic E-state index is 12.3. The molecule has 5 nitrogen and oxygen atoms in total. The molecule has 152 valence electrons. The Balaban J connectivity index is 1.51. The number of methoxy groups -OCH3 is 2. The minimum atomic E-state index is -0.0250. The molecule has 0 radical (unpaired) electrons. The third kappa shape index (κ3) is 5.82. The highest BCUT2D eigenvalue weighted by atomic mass is 32.1. The lowest BCUT2D eigenvalue weighted by atomic mass is 10.1. The summed E-state index contributed by atoms with van der Waals surface area (Å²) in [7, 11) is 3.23. The predicted octanol–water partition coefficient (Wildman–Crippen LogP) is 3.80. The van der Waals surface area contributed by atoms with Gasteiger partial charge in [-0.3, -0.25) is 10.1 Å². The zero-order valence-corrected chi connectivity index (χ0v) is 17.5. The summed E-state index contributed by atoms with van der Waals surface area (Å²) >= 11 is 1.68. The van der Waals surface area contributed by atoms with Gasteiger partial charge < -0.3 is 14.8 Å². The van der Waals surface area contributed by atoms with Crippen molar-refractivity contribution in [2.45, 2.75) is 12.5 Å². The van der Waals surface area contributed by atoms with E-state index < -0.39 is 0 Å². The van der Waals surface area contributed by atoms with E-state index in [4.69, 9.17) is 9.47 Å². The van der Waals surface area contributed by atoms with Gasteiger partial charge in [0.2, 0.25) is 5.91 Å². The number of carbonyl (C=O) groups excluding carboxylic acids is 1. The number of nitrogens with one attached hydrogen (secondary N) is 2.